The zero-order valence-electron chi connectivity index (χ0n) is 15.8. The lowest BCUT2D eigenvalue weighted by atomic mass is 10.2. The van der Waals surface area contributed by atoms with Crippen molar-refractivity contribution in [1.82, 2.24) is 19.6 Å². The van der Waals surface area contributed by atoms with Crippen LogP contribution in [0.3, 0.4) is 0 Å². The topological polar surface area (TPSA) is 81.4 Å². The molecule has 3 heterocycles. The van der Waals surface area contributed by atoms with Crippen molar-refractivity contribution in [1.29, 1.82) is 0 Å². The molecule has 28 heavy (non-hydrogen) atoms. The van der Waals surface area contributed by atoms with Crippen LogP contribution in [0.4, 0.5) is 5.69 Å². The SMILES string of the molecule is COc1ccc(C)cc1NC(=O)c1cc(C)n2nc(-c3ccccn3)cc2n1. The zero-order chi connectivity index (χ0) is 19.7. The highest BCUT2D eigenvalue weighted by Crippen LogP contribution is 2.26. The second-order valence-corrected chi connectivity index (χ2v) is 6.46. The molecule has 140 valence electrons. The third kappa shape index (κ3) is 3.29. The molecule has 7 nitrogen and oxygen atoms in total. The van der Waals surface area contributed by atoms with Crippen LogP contribution in [0.15, 0.2) is 54.7 Å². The molecule has 0 saturated carbocycles. The van der Waals surface area contributed by atoms with Crippen LogP contribution in [0.25, 0.3) is 17.0 Å². The molecule has 7 heteroatoms. The molecule has 3 aromatic heterocycles. The van der Waals surface area contributed by atoms with Crippen LogP contribution >= 0.6 is 0 Å². The van der Waals surface area contributed by atoms with Crippen molar-refractivity contribution in [3.05, 3.63) is 71.7 Å². The van der Waals surface area contributed by atoms with Gasteiger partial charge in [-0.2, -0.15) is 5.10 Å². The molecule has 0 aliphatic heterocycles. The first-order valence-corrected chi connectivity index (χ1v) is 8.80. The summed E-state index contributed by atoms with van der Waals surface area (Å²) in [5.41, 5.74) is 4.77. The second-order valence-electron chi connectivity index (χ2n) is 6.46. The molecule has 0 radical (unpaired) electrons. The summed E-state index contributed by atoms with van der Waals surface area (Å²) in [6, 6.07) is 14.8. The minimum atomic E-state index is -0.310. The molecule has 0 saturated heterocycles. The Morgan fingerprint density at radius 2 is 1.93 bits per heavy atom. The van der Waals surface area contributed by atoms with Crippen molar-refractivity contribution in [3.63, 3.8) is 0 Å². The van der Waals surface area contributed by atoms with E-state index in [1.54, 1.807) is 23.9 Å². The molecule has 1 amide bonds. The van der Waals surface area contributed by atoms with Gasteiger partial charge in [0.1, 0.15) is 17.1 Å². The van der Waals surface area contributed by atoms with E-state index in [0.717, 1.165) is 17.0 Å². The summed E-state index contributed by atoms with van der Waals surface area (Å²) >= 11 is 0. The lowest BCUT2D eigenvalue weighted by molar-refractivity contribution is 0.102. The summed E-state index contributed by atoms with van der Waals surface area (Å²) < 4.78 is 7.03. The minimum Gasteiger partial charge on any atom is -0.495 e. The van der Waals surface area contributed by atoms with Crippen molar-refractivity contribution < 1.29 is 9.53 Å². The van der Waals surface area contributed by atoms with Crippen molar-refractivity contribution in [3.8, 4) is 17.1 Å². The van der Waals surface area contributed by atoms with Gasteiger partial charge in [-0.15, -0.1) is 0 Å². The number of hydrogen-bond donors (Lipinski definition) is 1. The Bertz CT molecular complexity index is 1170. The van der Waals surface area contributed by atoms with E-state index < -0.39 is 0 Å². The number of pyridine rings is 1. The maximum Gasteiger partial charge on any atom is 0.274 e. The number of aryl methyl sites for hydroxylation is 2. The Morgan fingerprint density at radius 3 is 2.68 bits per heavy atom. The smallest absolute Gasteiger partial charge is 0.274 e. The van der Waals surface area contributed by atoms with Crippen LogP contribution < -0.4 is 10.1 Å². The maximum absolute atomic E-state index is 12.8. The summed E-state index contributed by atoms with van der Waals surface area (Å²) in [7, 11) is 1.57. The first kappa shape index (κ1) is 17.7. The molecule has 4 aromatic rings. The van der Waals surface area contributed by atoms with Crippen molar-refractivity contribution >= 4 is 17.2 Å². The van der Waals surface area contributed by atoms with E-state index >= 15 is 0 Å². The van der Waals surface area contributed by atoms with Crippen LogP contribution in [-0.2, 0) is 0 Å². The van der Waals surface area contributed by atoms with Gasteiger partial charge in [0.05, 0.1) is 18.5 Å². The number of anilines is 1. The number of amides is 1. The molecular weight excluding hydrogens is 354 g/mol. The number of hydrogen-bond acceptors (Lipinski definition) is 5. The van der Waals surface area contributed by atoms with Crippen LogP contribution in [0, 0.1) is 13.8 Å². The number of nitrogens with one attached hydrogen (secondary N) is 1. The molecule has 0 spiro atoms. The molecule has 0 aliphatic rings. The van der Waals surface area contributed by atoms with Gasteiger partial charge in [-0.3, -0.25) is 9.78 Å². The van der Waals surface area contributed by atoms with Gasteiger partial charge in [-0.1, -0.05) is 12.1 Å². The lowest BCUT2D eigenvalue weighted by Gasteiger charge is -2.11. The van der Waals surface area contributed by atoms with E-state index in [2.05, 4.69) is 20.4 Å². The van der Waals surface area contributed by atoms with Gasteiger partial charge in [-0.05, 0) is 49.7 Å². The summed E-state index contributed by atoms with van der Waals surface area (Å²) in [4.78, 5) is 21.6. The Morgan fingerprint density at radius 1 is 1.07 bits per heavy atom. The third-order valence-electron chi connectivity index (χ3n) is 4.37. The molecule has 0 atom stereocenters. The number of benzene rings is 1. The van der Waals surface area contributed by atoms with E-state index in [0.29, 0.717) is 28.5 Å². The quantitative estimate of drug-likeness (QED) is 0.590. The summed E-state index contributed by atoms with van der Waals surface area (Å²) in [6.07, 6.45) is 1.72. The third-order valence-corrected chi connectivity index (χ3v) is 4.37. The standard InChI is InChI=1S/C21H19N5O2/c1-13-7-8-19(28-3)17(10-13)24-21(27)18-11-14(2)26-20(23-18)12-16(25-26)15-6-4-5-9-22-15/h4-12H,1-3H3,(H,24,27). The van der Waals surface area contributed by atoms with E-state index in [9.17, 15) is 4.79 Å². The van der Waals surface area contributed by atoms with Gasteiger partial charge in [0.25, 0.3) is 5.91 Å². The number of nitrogens with zero attached hydrogens (tertiary/aromatic N) is 4. The average Bonchev–Trinajstić information content (AvgIpc) is 3.14. The monoisotopic (exact) mass is 373 g/mol. The van der Waals surface area contributed by atoms with Gasteiger partial charge < -0.3 is 10.1 Å². The van der Waals surface area contributed by atoms with Crippen LogP contribution in [0.2, 0.25) is 0 Å². The zero-order valence-corrected chi connectivity index (χ0v) is 15.8. The predicted molar refractivity (Wildman–Crippen MR) is 107 cm³/mol. The number of carbonyl (C=O) groups is 1. The molecular formula is C21H19N5O2. The van der Waals surface area contributed by atoms with Crippen LogP contribution in [-0.4, -0.2) is 32.6 Å². The molecule has 1 N–H and O–H groups in total. The molecule has 0 aliphatic carbocycles. The Hall–Kier alpha value is -3.74. The summed E-state index contributed by atoms with van der Waals surface area (Å²) in [5.74, 6) is 0.286. The highest BCUT2D eigenvalue weighted by atomic mass is 16.5. The highest BCUT2D eigenvalue weighted by Gasteiger charge is 2.15. The Balaban J connectivity index is 1.69. The molecule has 1 aromatic carbocycles. The minimum absolute atomic E-state index is 0.307. The normalized spacial score (nSPS) is 10.8. The fraction of sp³-hybridized carbons (Fsp3) is 0.143. The first-order chi connectivity index (χ1) is 13.5. The number of ether oxygens (including phenoxy) is 1. The number of methoxy groups -OCH3 is 1. The maximum atomic E-state index is 12.8. The van der Waals surface area contributed by atoms with Gasteiger partial charge in [0, 0.05) is 18.0 Å². The lowest BCUT2D eigenvalue weighted by Crippen LogP contribution is -2.16. The first-order valence-electron chi connectivity index (χ1n) is 8.80. The van der Waals surface area contributed by atoms with Crippen LogP contribution in [0.5, 0.6) is 5.75 Å². The van der Waals surface area contributed by atoms with Gasteiger partial charge in [-0.25, -0.2) is 9.50 Å². The number of fused-ring (bicyclic) bond motifs is 1. The van der Waals surface area contributed by atoms with Gasteiger partial charge in [0.2, 0.25) is 0 Å². The van der Waals surface area contributed by atoms with E-state index in [1.807, 2.05) is 56.3 Å². The fourth-order valence-electron chi connectivity index (χ4n) is 2.99. The Labute approximate surface area is 162 Å². The largest absolute Gasteiger partial charge is 0.495 e. The number of aromatic nitrogens is 4. The van der Waals surface area contributed by atoms with Crippen molar-refractivity contribution in [2.45, 2.75) is 13.8 Å². The number of carbonyl (C=O) groups excluding carboxylic acids is 1. The van der Waals surface area contributed by atoms with E-state index in [4.69, 9.17) is 4.74 Å². The van der Waals surface area contributed by atoms with Crippen molar-refractivity contribution in [2.75, 3.05) is 12.4 Å². The molecule has 4 rings (SSSR count). The summed E-state index contributed by atoms with van der Waals surface area (Å²) in [6.45, 7) is 3.84. The van der Waals surface area contributed by atoms with Gasteiger partial charge >= 0.3 is 0 Å². The fourth-order valence-corrected chi connectivity index (χ4v) is 2.99. The molecule has 0 unspecified atom stereocenters. The predicted octanol–water partition coefficient (Wildman–Crippen LogP) is 3.67. The number of rotatable bonds is 4. The van der Waals surface area contributed by atoms with Crippen LogP contribution in [0.1, 0.15) is 21.7 Å². The second kappa shape index (κ2) is 7.11. The van der Waals surface area contributed by atoms with E-state index in [-0.39, 0.29) is 5.91 Å². The Kier molecular flexibility index (Phi) is 4.49. The molecule has 0 bridgehead atoms. The average molecular weight is 373 g/mol. The molecule has 0 fully saturated rings. The summed E-state index contributed by atoms with van der Waals surface area (Å²) in [5, 5.41) is 7.43. The van der Waals surface area contributed by atoms with E-state index in [1.165, 1.54) is 0 Å². The highest BCUT2D eigenvalue weighted by molar-refractivity contribution is 6.04. The van der Waals surface area contributed by atoms with Crippen molar-refractivity contribution in [2.24, 2.45) is 0 Å². The van der Waals surface area contributed by atoms with Gasteiger partial charge in [0.15, 0.2) is 5.65 Å².